The van der Waals surface area contributed by atoms with Gasteiger partial charge in [-0.2, -0.15) is 4.99 Å². The van der Waals surface area contributed by atoms with Crippen molar-refractivity contribution in [3.63, 3.8) is 0 Å². The van der Waals surface area contributed by atoms with Gasteiger partial charge in [0, 0.05) is 6.20 Å². The smallest absolute Gasteiger partial charge is 0.242 e. The van der Waals surface area contributed by atoms with Crippen LogP contribution in [0.2, 0.25) is 10.0 Å². The van der Waals surface area contributed by atoms with E-state index in [1.54, 1.807) is 6.20 Å². The molecular formula is C6H2Cl2N4S. The van der Waals surface area contributed by atoms with Gasteiger partial charge >= 0.3 is 0 Å². The number of azo groups is 1. The Hall–Kier alpha value is -0.780. The quantitative estimate of drug-likeness (QED) is 0.745. The molecule has 1 N–H and O–H groups in total. The fourth-order valence-electron chi connectivity index (χ4n) is 0.876. The number of H-pyrrole nitrogens is 1. The van der Waals surface area contributed by atoms with E-state index in [-0.39, 0.29) is 5.11 Å². The second kappa shape index (κ2) is 3.17. The van der Waals surface area contributed by atoms with Gasteiger partial charge in [-0.25, -0.2) is 0 Å². The summed E-state index contributed by atoms with van der Waals surface area (Å²) in [7, 11) is 0. The van der Waals surface area contributed by atoms with Gasteiger partial charge in [0.25, 0.3) is 0 Å². The van der Waals surface area contributed by atoms with E-state index < -0.39 is 0 Å². The van der Waals surface area contributed by atoms with Crippen molar-refractivity contribution in [2.75, 3.05) is 0 Å². The van der Waals surface area contributed by atoms with Crippen molar-refractivity contribution in [1.82, 2.24) is 4.98 Å². The zero-order valence-corrected chi connectivity index (χ0v) is 8.41. The topological polar surface area (TPSA) is 52.9 Å². The minimum atomic E-state index is 0.191. The fraction of sp³-hybridized carbons (Fsp3) is 0. The Morgan fingerprint density at radius 2 is 2.08 bits per heavy atom. The Balaban J connectivity index is 2.48. The number of nitrogens with one attached hydrogen (secondary N) is 1. The summed E-state index contributed by atoms with van der Waals surface area (Å²) in [6.07, 6.45) is 1.55. The fourth-order valence-corrected chi connectivity index (χ4v) is 1.35. The maximum atomic E-state index is 5.85. The van der Waals surface area contributed by atoms with Crippen LogP contribution in [-0.4, -0.2) is 15.9 Å². The summed E-state index contributed by atoms with van der Waals surface area (Å²) in [6.45, 7) is 0. The molecule has 0 aromatic carbocycles. The Kier molecular flexibility index (Phi) is 2.15. The molecule has 0 atom stereocenters. The molecule has 66 valence electrons. The minimum absolute atomic E-state index is 0.191. The van der Waals surface area contributed by atoms with Crippen molar-refractivity contribution in [3.05, 3.63) is 21.9 Å². The molecule has 4 nitrogen and oxygen atoms in total. The van der Waals surface area contributed by atoms with Crippen molar-refractivity contribution >= 4 is 46.4 Å². The maximum Gasteiger partial charge on any atom is 0.242 e. The largest absolute Gasteiger partial charge is 0.356 e. The van der Waals surface area contributed by atoms with Gasteiger partial charge in [0.05, 0.1) is 10.0 Å². The van der Waals surface area contributed by atoms with Gasteiger partial charge < -0.3 is 4.98 Å². The molecule has 2 rings (SSSR count). The van der Waals surface area contributed by atoms with Crippen LogP contribution in [0, 0.1) is 0 Å². The summed E-state index contributed by atoms with van der Waals surface area (Å²) in [4.78, 5) is 6.70. The van der Waals surface area contributed by atoms with Gasteiger partial charge in [-0.3, -0.25) is 0 Å². The Morgan fingerprint density at radius 3 is 2.54 bits per heavy atom. The monoisotopic (exact) mass is 232 g/mol. The number of aromatic nitrogens is 1. The number of thiocarbonyl (C=S) groups is 1. The summed E-state index contributed by atoms with van der Waals surface area (Å²) in [5, 5.41) is 8.29. The summed E-state index contributed by atoms with van der Waals surface area (Å²) in [5.74, 6) is 0.363. The number of hydrogen-bond donors (Lipinski definition) is 1. The number of hydrogen-bond acceptors (Lipinski definition) is 2. The first-order chi connectivity index (χ1) is 6.18. The van der Waals surface area contributed by atoms with Gasteiger partial charge in [0.2, 0.25) is 10.9 Å². The molecule has 13 heavy (non-hydrogen) atoms. The lowest BCUT2D eigenvalue weighted by atomic mass is 10.4. The number of rotatable bonds is 1. The van der Waals surface area contributed by atoms with E-state index in [2.05, 4.69) is 20.2 Å². The molecule has 1 aromatic rings. The van der Waals surface area contributed by atoms with Crippen LogP contribution < -0.4 is 0 Å². The molecule has 1 aromatic heterocycles. The van der Waals surface area contributed by atoms with Crippen LogP contribution in [0.4, 0.5) is 0 Å². The Bertz CT molecular complexity index is 434. The lowest BCUT2D eigenvalue weighted by Crippen LogP contribution is -1.94. The first-order valence-corrected chi connectivity index (χ1v) is 4.42. The molecule has 0 fully saturated rings. The molecule has 0 saturated carbocycles. The van der Waals surface area contributed by atoms with Crippen LogP contribution in [0.5, 0.6) is 0 Å². The maximum absolute atomic E-state index is 5.85. The van der Waals surface area contributed by atoms with E-state index in [1.807, 2.05) is 0 Å². The number of nitrogens with zero attached hydrogens (tertiary/aromatic N) is 3. The molecule has 0 saturated heterocycles. The lowest BCUT2D eigenvalue weighted by molar-refractivity contribution is 1.32. The third-order valence-electron chi connectivity index (χ3n) is 1.43. The predicted octanol–water partition coefficient (Wildman–Crippen LogP) is 2.82. The second-order valence-corrected chi connectivity index (χ2v) is 3.39. The van der Waals surface area contributed by atoms with Gasteiger partial charge in [0.15, 0.2) is 0 Å². The second-order valence-electron chi connectivity index (χ2n) is 2.24. The van der Waals surface area contributed by atoms with E-state index in [4.69, 9.17) is 35.4 Å². The molecule has 2 heterocycles. The molecule has 1 aliphatic rings. The predicted molar refractivity (Wildman–Crippen MR) is 54.8 cm³/mol. The molecule has 0 radical (unpaired) electrons. The lowest BCUT2D eigenvalue weighted by Gasteiger charge is -1.90. The van der Waals surface area contributed by atoms with Crippen LogP contribution in [0.15, 0.2) is 21.4 Å². The molecule has 0 unspecified atom stereocenters. The zero-order chi connectivity index (χ0) is 9.42. The van der Waals surface area contributed by atoms with Crippen molar-refractivity contribution in [3.8, 4) is 0 Å². The molecular weight excluding hydrogens is 231 g/mol. The SMILES string of the molecule is S=C1N=NC(c2[nH]cc(Cl)c2Cl)=N1. The number of halogens is 2. The summed E-state index contributed by atoms with van der Waals surface area (Å²) < 4.78 is 0. The van der Waals surface area contributed by atoms with E-state index >= 15 is 0 Å². The van der Waals surface area contributed by atoms with Crippen LogP contribution >= 0.6 is 35.4 Å². The number of amidine groups is 1. The Morgan fingerprint density at radius 1 is 1.31 bits per heavy atom. The normalized spacial score (nSPS) is 15.2. The highest BCUT2D eigenvalue weighted by atomic mass is 35.5. The van der Waals surface area contributed by atoms with Crippen LogP contribution in [0.1, 0.15) is 5.69 Å². The number of aromatic amines is 1. The van der Waals surface area contributed by atoms with E-state index in [9.17, 15) is 0 Å². The van der Waals surface area contributed by atoms with Crippen LogP contribution in [0.3, 0.4) is 0 Å². The summed E-state index contributed by atoms with van der Waals surface area (Å²) >= 11 is 16.3. The third-order valence-corrected chi connectivity index (χ3v) is 2.39. The zero-order valence-electron chi connectivity index (χ0n) is 6.08. The van der Waals surface area contributed by atoms with Gasteiger partial charge in [-0.1, -0.05) is 23.2 Å². The molecule has 0 bridgehead atoms. The highest BCUT2D eigenvalue weighted by Crippen LogP contribution is 2.26. The van der Waals surface area contributed by atoms with Gasteiger partial charge in [-0.15, -0.1) is 10.2 Å². The summed E-state index contributed by atoms with van der Waals surface area (Å²) in [6, 6.07) is 0. The Labute approximate surface area is 88.7 Å². The highest BCUT2D eigenvalue weighted by molar-refractivity contribution is 7.80. The van der Waals surface area contributed by atoms with E-state index in [0.717, 1.165) is 0 Å². The molecule has 0 amide bonds. The van der Waals surface area contributed by atoms with Crippen LogP contribution in [0.25, 0.3) is 0 Å². The van der Waals surface area contributed by atoms with Gasteiger partial charge in [0.1, 0.15) is 5.69 Å². The van der Waals surface area contributed by atoms with E-state index in [0.29, 0.717) is 21.6 Å². The first kappa shape index (κ1) is 8.80. The first-order valence-electron chi connectivity index (χ1n) is 3.25. The minimum Gasteiger partial charge on any atom is -0.356 e. The van der Waals surface area contributed by atoms with Crippen molar-refractivity contribution in [1.29, 1.82) is 0 Å². The average molecular weight is 233 g/mol. The summed E-state index contributed by atoms with van der Waals surface area (Å²) in [5.41, 5.74) is 0.537. The van der Waals surface area contributed by atoms with E-state index in [1.165, 1.54) is 0 Å². The highest BCUT2D eigenvalue weighted by Gasteiger charge is 2.16. The molecule has 0 aliphatic carbocycles. The van der Waals surface area contributed by atoms with Crippen molar-refractivity contribution in [2.45, 2.75) is 0 Å². The van der Waals surface area contributed by atoms with Crippen LogP contribution in [-0.2, 0) is 0 Å². The molecule has 1 aliphatic heterocycles. The number of aliphatic imine (C=N–C) groups is 1. The standard InChI is InChI=1S/C6H2Cl2N4S/c7-2-1-9-4(3(2)8)5-10-6(13)12-11-5/h1,9H. The van der Waals surface area contributed by atoms with Gasteiger partial charge in [-0.05, 0) is 12.2 Å². The van der Waals surface area contributed by atoms with Crippen molar-refractivity contribution in [2.24, 2.45) is 15.2 Å². The van der Waals surface area contributed by atoms with Crippen molar-refractivity contribution < 1.29 is 0 Å². The molecule has 0 spiro atoms. The third kappa shape index (κ3) is 1.50. The average Bonchev–Trinajstić information content (AvgIpc) is 2.62. The molecule has 7 heteroatoms.